The van der Waals surface area contributed by atoms with Crippen molar-refractivity contribution in [1.82, 2.24) is 29.8 Å². The van der Waals surface area contributed by atoms with Gasteiger partial charge in [-0.25, -0.2) is 9.67 Å². The molecule has 0 aliphatic carbocycles. The van der Waals surface area contributed by atoms with E-state index in [1.807, 2.05) is 18.2 Å². The van der Waals surface area contributed by atoms with Crippen LogP contribution in [0.2, 0.25) is 5.02 Å². The SMILES string of the molecule is COc1cc(C2(C#N)CCN(C(=O)Cn3nc(-c4ncon4)c4cccnc43)CC2)ccc1Cl. The van der Waals surface area contributed by atoms with Crippen molar-refractivity contribution in [2.45, 2.75) is 24.8 Å². The smallest absolute Gasteiger partial charge is 0.244 e. The molecule has 172 valence electrons. The quantitative estimate of drug-likeness (QED) is 0.429. The third kappa shape index (κ3) is 3.74. The highest BCUT2D eigenvalue weighted by atomic mass is 35.5. The molecule has 0 radical (unpaired) electrons. The molecule has 1 amide bonds. The number of halogens is 1. The van der Waals surface area contributed by atoms with E-state index in [-0.39, 0.29) is 12.5 Å². The molecule has 1 fully saturated rings. The number of nitrogens with zero attached hydrogens (tertiary/aromatic N) is 7. The van der Waals surface area contributed by atoms with Gasteiger partial charge in [-0.15, -0.1) is 0 Å². The number of rotatable bonds is 5. The molecule has 0 bridgehead atoms. The molecule has 1 saturated heterocycles. The molecular formula is C23H20ClN7O3. The second kappa shape index (κ2) is 8.76. The molecule has 3 aromatic heterocycles. The van der Waals surface area contributed by atoms with Crippen LogP contribution in [0.4, 0.5) is 0 Å². The highest BCUT2D eigenvalue weighted by Crippen LogP contribution is 2.38. The second-order valence-electron chi connectivity index (χ2n) is 8.06. The number of carbonyl (C=O) groups excluding carboxylic acids is 1. The molecule has 0 atom stereocenters. The number of methoxy groups -OCH3 is 1. The predicted octanol–water partition coefficient (Wildman–Crippen LogP) is 3.23. The Bertz CT molecular complexity index is 1390. The monoisotopic (exact) mass is 477 g/mol. The first-order chi connectivity index (χ1) is 16.5. The van der Waals surface area contributed by atoms with Crippen LogP contribution in [0.1, 0.15) is 18.4 Å². The summed E-state index contributed by atoms with van der Waals surface area (Å²) in [7, 11) is 1.54. The molecular weight excluding hydrogens is 458 g/mol. The van der Waals surface area contributed by atoms with Crippen LogP contribution in [0.15, 0.2) is 47.4 Å². The topological polar surface area (TPSA) is 123 Å². The minimum absolute atomic E-state index is 0.0136. The van der Waals surface area contributed by atoms with Crippen LogP contribution in [0.25, 0.3) is 22.6 Å². The molecule has 1 aromatic carbocycles. The number of amides is 1. The Balaban J connectivity index is 1.34. The number of likely N-dealkylation sites (tertiary alicyclic amines) is 1. The van der Waals surface area contributed by atoms with Crippen LogP contribution < -0.4 is 4.74 Å². The lowest BCUT2D eigenvalue weighted by atomic mass is 9.74. The van der Waals surface area contributed by atoms with Gasteiger partial charge in [0.2, 0.25) is 18.1 Å². The first-order valence-corrected chi connectivity index (χ1v) is 11.0. The molecule has 0 saturated carbocycles. The van der Waals surface area contributed by atoms with Crippen molar-refractivity contribution < 1.29 is 14.1 Å². The van der Waals surface area contributed by atoms with Crippen LogP contribution in [0, 0.1) is 11.3 Å². The molecule has 11 heteroatoms. The number of nitriles is 1. The van der Waals surface area contributed by atoms with Crippen LogP contribution in [-0.4, -0.2) is 55.9 Å². The van der Waals surface area contributed by atoms with E-state index in [2.05, 4.69) is 26.3 Å². The molecule has 4 aromatic rings. The zero-order chi connectivity index (χ0) is 23.7. The number of hydrogen-bond acceptors (Lipinski definition) is 8. The average Bonchev–Trinajstić information content (AvgIpc) is 3.53. The van der Waals surface area contributed by atoms with Gasteiger partial charge in [-0.05, 0) is 42.7 Å². The summed E-state index contributed by atoms with van der Waals surface area (Å²) in [6.07, 6.45) is 3.89. The summed E-state index contributed by atoms with van der Waals surface area (Å²) >= 11 is 6.15. The van der Waals surface area contributed by atoms with Gasteiger partial charge in [0.1, 0.15) is 18.0 Å². The number of carbonyl (C=O) groups is 1. The Kier molecular flexibility index (Phi) is 5.63. The zero-order valence-electron chi connectivity index (χ0n) is 18.3. The van der Waals surface area contributed by atoms with Gasteiger partial charge in [0, 0.05) is 19.3 Å². The van der Waals surface area contributed by atoms with Crippen molar-refractivity contribution >= 4 is 28.5 Å². The van der Waals surface area contributed by atoms with Gasteiger partial charge in [-0.2, -0.15) is 15.3 Å². The van der Waals surface area contributed by atoms with E-state index < -0.39 is 5.41 Å². The maximum atomic E-state index is 13.2. The summed E-state index contributed by atoms with van der Waals surface area (Å²) in [4.78, 5) is 23.4. The lowest BCUT2D eigenvalue weighted by Gasteiger charge is -2.37. The van der Waals surface area contributed by atoms with Gasteiger partial charge in [-0.3, -0.25) is 4.79 Å². The second-order valence-corrected chi connectivity index (χ2v) is 8.47. The van der Waals surface area contributed by atoms with Gasteiger partial charge in [0.25, 0.3) is 0 Å². The fourth-order valence-electron chi connectivity index (χ4n) is 4.35. The Labute approximate surface area is 199 Å². The Morgan fingerprint density at radius 3 is 2.82 bits per heavy atom. The minimum atomic E-state index is -0.708. The Morgan fingerprint density at radius 2 is 2.12 bits per heavy atom. The van der Waals surface area contributed by atoms with E-state index in [0.29, 0.717) is 53.9 Å². The summed E-state index contributed by atoms with van der Waals surface area (Å²) in [6, 6.07) is 11.5. The van der Waals surface area contributed by atoms with E-state index >= 15 is 0 Å². The Morgan fingerprint density at radius 1 is 1.29 bits per heavy atom. The third-order valence-electron chi connectivity index (χ3n) is 6.25. The van der Waals surface area contributed by atoms with Crippen LogP contribution in [0.3, 0.4) is 0 Å². The molecule has 0 spiro atoms. The summed E-state index contributed by atoms with van der Waals surface area (Å²) < 4.78 is 11.7. The lowest BCUT2D eigenvalue weighted by Crippen LogP contribution is -2.45. The van der Waals surface area contributed by atoms with E-state index in [9.17, 15) is 10.1 Å². The third-order valence-corrected chi connectivity index (χ3v) is 6.56. The fraction of sp³-hybridized carbons (Fsp3) is 0.304. The molecule has 4 heterocycles. The molecule has 0 N–H and O–H groups in total. The highest BCUT2D eigenvalue weighted by molar-refractivity contribution is 6.32. The van der Waals surface area contributed by atoms with Crippen molar-refractivity contribution in [2.75, 3.05) is 20.2 Å². The van der Waals surface area contributed by atoms with Gasteiger partial charge in [-0.1, -0.05) is 22.8 Å². The first-order valence-electron chi connectivity index (χ1n) is 10.7. The highest BCUT2D eigenvalue weighted by Gasteiger charge is 2.38. The van der Waals surface area contributed by atoms with E-state index in [4.69, 9.17) is 20.9 Å². The number of fused-ring (bicyclic) bond motifs is 1. The van der Waals surface area contributed by atoms with Crippen molar-refractivity contribution in [3.8, 4) is 23.3 Å². The number of ether oxygens (including phenoxy) is 1. The maximum absolute atomic E-state index is 13.2. The van der Waals surface area contributed by atoms with Gasteiger partial charge < -0.3 is 14.2 Å². The minimum Gasteiger partial charge on any atom is -0.495 e. The standard InChI is InChI=1S/C23H20ClN7O3/c1-33-18-11-15(4-5-17(18)24)23(13-25)6-9-30(10-7-23)19(32)12-31-22-16(3-2-8-26-22)20(28-31)21-27-14-34-29-21/h2-5,8,11,14H,6-7,9-10,12H2,1H3. The molecule has 10 nitrogen and oxygen atoms in total. The van der Waals surface area contributed by atoms with Crippen molar-refractivity contribution in [3.05, 3.63) is 53.5 Å². The first kappa shape index (κ1) is 21.9. The average molecular weight is 478 g/mol. The van der Waals surface area contributed by atoms with Gasteiger partial charge in [0.05, 0.1) is 29.0 Å². The fourth-order valence-corrected chi connectivity index (χ4v) is 4.54. The number of piperidine rings is 1. The van der Waals surface area contributed by atoms with E-state index in [1.54, 1.807) is 35.0 Å². The van der Waals surface area contributed by atoms with Gasteiger partial charge >= 0.3 is 0 Å². The lowest BCUT2D eigenvalue weighted by molar-refractivity contribution is -0.133. The zero-order valence-corrected chi connectivity index (χ0v) is 19.1. The largest absolute Gasteiger partial charge is 0.495 e. The number of benzene rings is 1. The molecule has 5 rings (SSSR count). The van der Waals surface area contributed by atoms with Crippen LogP contribution in [0.5, 0.6) is 5.75 Å². The molecule has 0 unspecified atom stereocenters. The van der Waals surface area contributed by atoms with E-state index in [1.165, 1.54) is 6.39 Å². The Hall–Kier alpha value is -3.97. The van der Waals surface area contributed by atoms with Crippen molar-refractivity contribution in [1.29, 1.82) is 5.26 Å². The summed E-state index contributed by atoms with van der Waals surface area (Å²) in [5.74, 6) is 0.761. The number of aromatic nitrogens is 5. The normalized spacial score (nSPS) is 15.3. The summed E-state index contributed by atoms with van der Waals surface area (Å²) in [5.41, 5.74) is 1.20. The van der Waals surface area contributed by atoms with Crippen LogP contribution in [-0.2, 0) is 16.8 Å². The number of pyridine rings is 1. The summed E-state index contributed by atoms with van der Waals surface area (Å²) in [5, 5.41) is 19.6. The summed E-state index contributed by atoms with van der Waals surface area (Å²) in [6.45, 7) is 0.906. The molecule has 1 aliphatic rings. The molecule has 34 heavy (non-hydrogen) atoms. The molecule has 1 aliphatic heterocycles. The van der Waals surface area contributed by atoms with Crippen LogP contribution >= 0.6 is 11.6 Å². The number of hydrogen-bond donors (Lipinski definition) is 0. The van der Waals surface area contributed by atoms with Crippen molar-refractivity contribution in [2.24, 2.45) is 0 Å². The maximum Gasteiger partial charge on any atom is 0.244 e. The van der Waals surface area contributed by atoms with E-state index in [0.717, 1.165) is 10.9 Å². The predicted molar refractivity (Wildman–Crippen MR) is 122 cm³/mol. The van der Waals surface area contributed by atoms with Gasteiger partial charge in [0.15, 0.2) is 5.65 Å². The van der Waals surface area contributed by atoms with Crippen molar-refractivity contribution in [3.63, 3.8) is 0 Å².